The highest BCUT2D eigenvalue weighted by atomic mass is 19.2. The van der Waals surface area contributed by atoms with E-state index in [1.165, 1.54) is 6.08 Å². The molecule has 0 bridgehead atoms. The molecule has 0 aromatic heterocycles. The summed E-state index contributed by atoms with van der Waals surface area (Å²) >= 11 is 0. The van der Waals surface area contributed by atoms with Crippen LogP contribution >= 0.6 is 0 Å². The maximum Gasteiger partial charge on any atom is 0.165 e. The Hall–Kier alpha value is -1.25. The normalized spacial score (nSPS) is 12.6. The lowest BCUT2D eigenvalue weighted by atomic mass is 10.00. The Morgan fingerprint density at radius 2 is 1.69 bits per heavy atom. The van der Waals surface area contributed by atoms with Gasteiger partial charge in [0.15, 0.2) is 11.6 Å². The zero-order valence-corrected chi connectivity index (χ0v) is 6.86. The van der Waals surface area contributed by atoms with Gasteiger partial charge < -0.3 is 0 Å². The summed E-state index contributed by atoms with van der Waals surface area (Å²) in [5.74, 6) is -3.86. The SMILES string of the molecule is [CH2]C(C=C)c1c(F)ccc(F)c1F. The van der Waals surface area contributed by atoms with Crippen molar-refractivity contribution in [3.05, 3.63) is 54.7 Å². The molecule has 0 fully saturated rings. The summed E-state index contributed by atoms with van der Waals surface area (Å²) in [7, 11) is 0. The molecule has 0 nitrogen and oxygen atoms in total. The third-order valence-electron chi connectivity index (χ3n) is 1.73. The lowest BCUT2D eigenvalue weighted by molar-refractivity contribution is 0.479. The molecule has 0 saturated carbocycles. The molecule has 1 unspecified atom stereocenters. The highest BCUT2D eigenvalue weighted by Crippen LogP contribution is 2.24. The van der Waals surface area contributed by atoms with Crippen molar-refractivity contribution < 1.29 is 13.2 Å². The monoisotopic (exact) mass is 185 g/mol. The molecule has 1 radical (unpaired) electrons. The molecule has 69 valence electrons. The topological polar surface area (TPSA) is 0 Å². The average Bonchev–Trinajstić information content (AvgIpc) is 2.12. The summed E-state index contributed by atoms with van der Waals surface area (Å²) in [5, 5.41) is 0. The quantitative estimate of drug-likeness (QED) is 0.490. The van der Waals surface area contributed by atoms with Crippen molar-refractivity contribution in [1.29, 1.82) is 0 Å². The fourth-order valence-electron chi connectivity index (χ4n) is 1.00. The van der Waals surface area contributed by atoms with E-state index in [1.54, 1.807) is 0 Å². The fraction of sp³-hybridized carbons (Fsp3) is 0.100. The molecule has 1 atom stereocenters. The molecular weight excluding hydrogens is 177 g/mol. The van der Waals surface area contributed by atoms with Crippen molar-refractivity contribution in [3.8, 4) is 0 Å². The van der Waals surface area contributed by atoms with Gasteiger partial charge in [0.05, 0.1) is 0 Å². The van der Waals surface area contributed by atoms with E-state index in [-0.39, 0.29) is 5.56 Å². The number of allylic oxidation sites excluding steroid dienone is 1. The molecule has 0 heterocycles. The molecular formula is C10H8F3. The highest BCUT2D eigenvalue weighted by Gasteiger charge is 2.17. The van der Waals surface area contributed by atoms with Crippen LogP contribution in [0, 0.1) is 24.4 Å². The van der Waals surface area contributed by atoms with E-state index >= 15 is 0 Å². The Morgan fingerprint density at radius 1 is 1.15 bits per heavy atom. The molecule has 3 heteroatoms. The van der Waals surface area contributed by atoms with Gasteiger partial charge in [-0.25, -0.2) is 13.2 Å². The molecule has 1 aromatic carbocycles. The van der Waals surface area contributed by atoms with Gasteiger partial charge in [-0.2, -0.15) is 0 Å². The van der Waals surface area contributed by atoms with Crippen LogP contribution in [0.15, 0.2) is 24.8 Å². The number of benzene rings is 1. The fourth-order valence-corrected chi connectivity index (χ4v) is 1.00. The molecule has 0 aliphatic heterocycles. The number of hydrogen-bond acceptors (Lipinski definition) is 0. The molecule has 0 N–H and O–H groups in total. The molecule has 13 heavy (non-hydrogen) atoms. The van der Waals surface area contributed by atoms with Crippen molar-refractivity contribution in [2.45, 2.75) is 5.92 Å². The maximum atomic E-state index is 13.0. The van der Waals surface area contributed by atoms with E-state index in [2.05, 4.69) is 13.5 Å². The smallest absolute Gasteiger partial charge is 0.165 e. The van der Waals surface area contributed by atoms with Crippen LogP contribution in [0.1, 0.15) is 11.5 Å². The maximum absolute atomic E-state index is 13.0. The van der Waals surface area contributed by atoms with E-state index in [0.29, 0.717) is 0 Å². The summed E-state index contributed by atoms with van der Waals surface area (Å²) in [5.41, 5.74) is -0.380. The van der Waals surface area contributed by atoms with Gasteiger partial charge >= 0.3 is 0 Å². The van der Waals surface area contributed by atoms with Crippen LogP contribution in [0.2, 0.25) is 0 Å². The first-order valence-electron chi connectivity index (χ1n) is 3.67. The van der Waals surface area contributed by atoms with E-state index in [0.717, 1.165) is 12.1 Å². The molecule has 0 saturated heterocycles. The van der Waals surface area contributed by atoms with Gasteiger partial charge in [0.25, 0.3) is 0 Å². The van der Waals surface area contributed by atoms with Crippen LogP contribution in [-0.2, 0) is 0 Å². The average molecular weight is 185 g/mol. The predicted molar refractivity (Wildman–Crippen MR) is 44.6 cm³/mol. The van der Waals surface area contributed by atoms with Crippen LogP contribution in [0.3, 0.4) is 0 Å². The number of hydrogen-bond donors (Lipinski definition) is 0. The van der Waals surface area contributed by atoms with Crippen LogP contribution in [0.5, 0.6) is 0 Å². The molecule has 1 aromatic rings. The van der Waals surface area contributed by atoms with Gasteiger partial charge in [0.2, 0.25) is 0 Å². The highest BCUT2D eigenvalue weighted by molar-refractivity contribution is 5.28. The van der Waals surface area contributed by atoms with Crippen LogP contribution in [0.4, 0.5) is 13.2 Å². The summed E-state index contributed by atoms with van der Waals surface area (Å²) in [6.07, 6.45) is 1.25. The second-order valence-corrected chi connectivity index (χ2v) is 2.60. The minimum absolute atomic E-state index is 0.380. The van der Waals surface area contributed by atoms with E-state index in [1.807, 2.05) is 0 Å². The van der Waals surface area contributed by atoms with Crippen LogP contribution in [0.25, 0.3) is 0 Å². The zero-order valence-electron chi connectivity index (χ0n) is 6.86. The van der Waals surface area contributed by atoms with Crippen molar-refractivity contribution in [2.75, 3.05) is 0 Å². The second-order valence-electron chi connectivity index (χ2n) is 2.60. The molecule has 1 rings (SSSR count). The van der Waals surface area contributed by atoms with Crippen LogP contribution < -0.4 is 0 Å². The first-order chi connectivity index (χ1) is 6.07. The predicted octanol–water partition coefficient (Wildman–Crippen LogP) is 3.21. The largest absolute Gasteiger partial charge is 0.207 e. The van der Waals surface area contributed by atoms with Gasteiger partial charge in [-0.1, -0.05) is 6.08 Å². The van der Waals surface area contributed by atoms with E-state index in [9.17, 15) is 13.2 Å². The van der Waals surface area contributed by atoms with E-state index < -0.39 is 23.4 Å². The summed E-state index contributed by atoms with van der Waals surface area (Å²) in [6, 6.07) is 1.61. The number of rotatable bonds is 2. The molecule has 0 aliphatic carbocycles. The standard InChI is InChI=1S/C10H8F3/c1-3-6(2)9-7(11)4-5-8(12)10(9)13/h3-6H,1-2H2. The lowest BCUT2D eigenvalue weighted by Gasteiger charge is -2.08. The Kier molecular flexibility index (Phi) is 2.76. The zero-order chi connectivity index (χ0) is 10.0. The Morgan fingerprint density at radius 3 is 2.23 bits per heavy atom. The third kappa shape index (κ3) is 1.74. The van der Waals surface area contributed by atoms with E-state index in [4.69, 9.17) is 0 Å². The third-order valence-corrected chi connectivity index (χ3v) is 1.73. The van der Waals surface area contributed by atoms with Crippen molar-refractivity contribution in [2.24, 2.45) is 0 Å². The summed E-state index contributed by atoms with van der Waals surface area (Å²) in [6.45, 7) is 6.76. The summed E-state index contributed by atoms with van der Waals surface area (Å²) < 4.78 is 38.6. The summed E-state index contributed by atoms with van der Waals surface area (Å²) in [4.78, 5) is 0. The molecule has 0 spiro atoms. The van der Waals surface area contributed by atoms with Gasteiger partial charge in [-0.15, -0.1) is 6.58 Å². The molecule has 0 amide bonds. The lowest BCUT2D eigenvalue weighted by Crippen LogP contribution is -2.01. The Balaban J connectivity index is 3.32. The van der Waals surface area contributed by atoms with Crippen LogP contribution in [-0.4, -0.2) is 0 Å². The molecule has 0 aliphatic rings. The van der Waals surface area contributed by atoms with Crippen molar-refractivity contribution in [1.82, 2.24) is 0 Å². The van der Waals surface area contributed by atoms with Gasteiger partial charge in [-0.05, 0) is 19.1 Å². The minimum atomic E-state index is -1.19. The van der Waals surface area contributed by atoms with Gasteiger partial charge in [0.1, 0.15) is 5.82 Å². The van der Waals surface area contributed by atoms with Gasteiger partial charge in [-0.3, -0.25) is 0 Å². The van der Waals surface area contributed by atoms with Crippen molar-refractivity contribution >= 4 is 0 Å². The Bertz CT molecular complexity index is 331. The first kappa shape index (κ1) is 9.84. The number of halogens is 3. The van der Waals surface area contributed by atoms with Crippen molar-refractivity contribution in [3.63, 3.8) is 0 Å². The minimum Gasteiger partial charge on any atom is -0.207 e. The second kappa shape index (κ2) is 3.64. The first-order valence-corrected chi connectivity index (χ1v) is 3.67. The Labute approximate surface area is 74.7 Å². The van der Waals surface area contributed by atoms with Gasteiger partial charge in [0, 0.05) is 11.5 Å².